The molecule has 1 unspecified atom stereocenters. The third-order valence-electron chi connectivity index (χ3n) is 6.70. The van der Waals surface area contributed by atoms with Crippen molar-refractivity contribution in [2.45, 2.75) is 50.5 Å². The van der Waals surface area contributed by atoms with Crippen molar-refractivity contribution < 1.29 is 23.1 Å². The Labute approximate surface area is 207 Å². The predicted octanol–water partition coefficient (Wildman–Crippen LogP) is 5.08. The minimum Gasteiger partial charge on any atom is -0.491 e. The standard InChI is InChI=1S/C28H31NO5S/c1-20-7-3-4-8-22(20)13-14-24(18-28(30)31)23-12-11-21(2)25(17-23)19-29-15-16-34-26-9-5-6-10-27(26)35(29,32)33/h3-12,17,24H,13-16,18-19H2,1-2H3,(H,30,31). The molecule has 3 aromatic rings. The van der Waals surface area contributed by atoms with Gasteiger partial charge < -0.3 is 9.84 Å². The van der Waals surface area contributed by atoms with Crippen molar-refractivity contribution in [3.63, 3.8) is 0 Å². The third-order valence-corrected chi connectivity index (χ3v) is 8.59. The molecule has 7 heteroatoms. The van der Waals surface area contributed by atoms with Crippen LogP contribution in [0.4, 0.5) is 0 Å². The molecule has 0 bridgehead atoms. The number of carboxylic acids is 1. The molecular weight excluding hydrogens is 462 g/mol. The predicted molar refractivity (Wildman–Crippen MR) is 135 cm³/mol. The lowest BCUT2D eigenvalue weighted by Gasteiger charge is -2.22. The molecule has 0 saturated heterocycles. The van der Waals surface area contributed by atoms with E-state index in [9.17, 15) is 18.3 Å². The minimum atomic E-state index is -3.72. The highest BCUT2D eigenvalue weighted by Crippen LogP contribution is 2.32. The zero-order valence-electron chi connectivity index (χ0n) is 20.1. The van der Waals surface area contributed by atoms with Gasteiger partial charge in [-0.1, -0.05) is 54.6 Å². The molecule has 0 spiro atoms. The molecule has 0 aromatic heterocycles. The van der Waals surface area contributed by atoms with Gasteiger partial charge in [-0.25, -0.2) is 8.42 Å². The van der Waals surface area contributed by atoms with Crippen LogP contribution in [0.5, 0.6) is 5.75 Å². The molecule has 1 atom stereocenters. The van der Waals surface area contributed by atoms with Crippen molar-refractivity contribution in [2.75, 3.05) is 13.2 Å². The number of para-hydroxylation sites is 1. The number of carboxylic acid groups (broad SMARTS) is 1. The number of hydrogen-bond donors (Lipinski definition) is 1. The Balaban J connectivity index is 1.60. The van der Waals surface area contributed by atoms with Gasteiger partial charge in [0, 0.05) is 13.1 Å². The van der Waals surface area contributed by atoms with Crippen molar-refractivity contribution >= 4 is 16.0 Å². The molecule has 1 N–H and O–H groups in total. The fourth-order valence-corrected chi connectivity index (χ4v) is 6.12. The van der Waals surface area contributed by atoms with E-state index in [1.54, 1.807) is 24.3 Å². The molecule has 1 aliphatic rings. The Bertz CT molecular complexity index is 1320. The van der Waals surface area contributed by atoms with Gasteiger partial charge in [-0.15, -0.1) is 0 Å². The smallest absolute Gasteiger partial charge is 0.303 e. The second-order valence-corrected chi connectivity index (χ2v) is 11.0. The molecule has 184 valence electrons. The Morgan fingerprint density at radius 3 is 2.49 bits per heavy atom. The van der Waals surface area contributed by atoms with E-state index in [1.807, 2.05) is 37.3 Å². The SMILES string of the molecule is Cc1ccccc1CCC(CC(=O)O)c1ccc(C)c(CN2CCOc3ccccc3S2(=O)=O)c1. The maximum absolute atomic E-state index is 13.4. The van der Waals surface area contributed by atoms with Crippen molar-refractivity contribution in [2.24, 2.45) is 0 Å². The third kappa shape index (κ3) is 5.74. The van der Waals surface area contributed by atoms with Gasteiger partial charge in [0.25, 0.3) is 0 Å². The summed E-state index contributed by atoms with van der Waals surface area (Å²) in [6, 6.07) is 20.8. The number of aryl methyl sites for hydroxylation is 3. The van der Waals surface area contributed by atoms with Crippen LogP contribution in [0.25, 0.3) is 0 Å². The summed E-state index contributed by atoms with van der Waals surface area (Å²) < 4.78 is 33.9. The van der Waals surface area contributed by atoms with Crippen LogP contribution in [0.3, 0.4) is 0 Å². The van der Waals surface area contributed by atoms with Gasteiger partial charge >= 0.3 is 5.97 Å². The monoisotopic (exact) mass is 493 g/mol. The van der Waals surface area contributed by atoms with Crippen LogP contribution in [-0.4, -0.2) is 37.0 Å². The number of sulfonamides is 1. The minimum absolute atomic E-state index is 0.0254. The lowest BCUT2D eigenvalue weighted by molar-refractivity contribution is -0.137. The summed E-state index contributed by atoms with van der Waals surface area (Å²) in [6.45, 7) is 4.74. The molecule has 0 amide bonds. The molecular formula is C28H31NO5S. The van der Waals surface area contributed by atoms with Gasteiger partial charge in [0.2, 0.25) is 10.0 Å². The molecule has 6 nitrogen and oxygen atoms in total. The van der Waals surface area contributed by atoms with Gasteiger partial charge in [0.15, 0.2) is 0 Å². The topological polar surface area (TPSA) is 83.9 Å². The maximum atomic E-state index is 13.4. The molecule has 3 aromatic carbocycles. The Morgan fingerprint density at radius 2 is 1.71 bits per heavy atom. The Morgan fingerprint density at radius 1 is 1.00 bits per heavy atom. The second kappa shape index (κ2) is 10.6. The summed E-state index contributed by atoms with van der Waals surface area (Å²) in [7, 11) is -3.72. The highest BCUT2D eigenvalue weighted by atomic mass is 32.2. The number of rotatable bonds is 8. The average Bonchev–Trinajstić information content (AvgIpc) is 2.95. The van der Waals surface area contributed by atoms with Crippen LogP contribution >= 0.6 is 0 Å². The number of benzene rings is 3. The highest BCUT2D eigenvalue weighted by Gasteiger charge is 2.31. The molecule has 4 rings (SSSR count). The van der Waals surface area contributed by atoms with E-state index in [4.69, 9.17) is 4.74 Å². The van der Waals surface area contributed by atoms with Gasteiger partial charge in [-0.3, -0.25) is 4.79 Å². The summed E-state index contributed by atoms with van der Waals surface area (Å²) in [5.41, 5.74) is 5.17. The van der Waals surface area contributed by atoms with Crippen LogP contribution in [-0.2, 0) is 27.8 Å². The molecule has 35 heavy (non-hydrogen) atoms. The summed E-state index contributed by atoms with van der Waals surface area (Å²) in [5, 5.41) is 9.57. The average molecular weight is 494 g/mol. The van der Waals surface area contributed by atoms with Crippen molar-refractivity contribution in [3.8, 4) is 5.75 Å². The Kier molecular flexibility index (Phi) is 7.57. The fraction of sp³-hybridized carbons (Fsp3) is 0.321. The van der Waals surface area contributed by atoms with Gasteiger partial charge in [-0.2, -0.15) is 4.31 Å². The van der Waals surface area contributed by atoms with E-state index in [1.165, 1.54) is 15.4 Å². The molecule has 0 fully saturated rings. The normalized spacial score (nSPS) is 16.1. The van der Waals surface area contributed by atoms with E-state index in [2.05, 4.69) is 19.1 Å². The van der Waals surface area contributed by atoms with E-state index in [0.717, 1.165) is 23.1 Å². The van der Waals surface area contributed by atoms with Crippen molar-refractivity contribution in [3.05, 3.63) is 94.5 Å². The first kappa shape index (κ1) is 24.9. The summed E-state index contributed by atoms with van der Waals surface area (Å²) in [4.78, 5) is 11.8. The van der Waals surface area contributed by atoms with Crippen molar-refractivity contribution in [1.29, 1.82) is 0 Å². The summed E-state index contributed by atoms with van der Waals surface area (Å²) >= 11 is 0. The molecule has 0 saturated carbocycles. The summed E-state index contributed by atoms with van der Waals surface area (Å²) in [6.07, 6.45) is 1.50. The molecule has 1 aliphatic heterocycles. The second-order valence-electron chi connectivity index (χ2n) is 9.08. The first-order valence-corrected chi connectivity index (χ1v) is 13.3. The number of ether oxygens (including phenoxy) is 1. The number of nitrogens with zero attached hydrogens (tertiary/aromatic N) is 1. The highest BCUT2D eigenvalue weighted by molar-refractivity contribution is 7.89. The summed E-state index contributed by atoms with van der Waals surface area (Å²) in [5.74, 6) is -0.639. The zero-order chi connectivity index (χ0) is 25.0. The van der Waals surface area contributed by atoms with E-state index in [-0.39, 0.29) is 36.9 Å². The quantitative estimate of drug-likeness (QED) is 0.473. The van der Waals surface area contributed by atoms with Crippen LogP contribution in [0.1, 0.15) is 46.6 Å². The number of fused-ring (bicyclic) bond motifs is 1. The molecule has 0 aliphatic carbocycles. The van der Waals surface area contributed by atoms with E-state index >= 15 is 0 Å². The number of hydrogen-bond acceptors (Lipinski definition) is 4. The van der Waals surface area contributed by atoms with Crippen LogP contribution in [0.15, 0.2) is 71.6 Å². The van der Waals surface area contributed by atoms with Crippen LogP contribution < -0.4 is 4.74 Å². The largest absolute Gasteiger partial charge is 0.491 e. The van der Waals surface area contributed by atoms with Crippen molar-refractivity contribution in [1.82, 2.24) is 4.31 Å². The van der Waals surface area contributed by atoms with E-state index < -0.39 is 16.0 Å². The van der Waals surface area contributed by atoms with E-state index in [0.29, 0.717) is 12.2 Å². The van der Waals surface area contributed by atoms with Crippen LogP contribution in [0.2, 0.25) is 0 Å². The lowest BCUT2D eigenvalue weighted by atomic mass is 9.87. The molecule has 0 radical (unpaired) electrons. The first-order chi connectivity index (χ1) is 16.8. The number of aliphatic carboxylic acids is 1. The lowest BCUT2D eigenvalue weighted by Crippen LogP contribution is -2.32. The van der Waals surface area contributed by atoms with Crippen LogP contribution in [0, 0.1) is 13.8 Å². The first-order valence-electron chi connectivity index (χ1n) is 11.8. The fourth-order valence-electron chi connectivity index (χ4n) is 4.59. The molecule has 1 heterocycles. The zero-order valence-corrected chi connectivity index (χ0v) is 20.9. The van der Waals surface area contributed by atoms with Gasteiger partial charge in [-0.05, 0) is 72.6 Å². The maximum Gasteiger partial charge on any atom is 0.303 e. The number of carbonyl (C=O) groups is 1. The van der Waals surface area contributed by atoms with Gasteiger partial charge in [0.05, 0.1) is 6.42 Å². The van der Waals surface area contributed by atoms with Gasteiger partial charge in [0.1, 0.15) is 17.3 Å². The Hall–Kier alpha value is -3.16.